The first-order valence-electron chi connectivity index (χ1n) is 12.1. The van der Waals surface area contributed by atoms with Crippen molar-refractivity contribution in [3.05, 3.63) is 75.6 Å². The summed E-state index contributed by atoms with van der Waals surface area (Å²) in [6, 6.07) is 13.1. The van der Waals surface area contributed by atoms with Crippen LogP contribution in [0.4, 0.5) is 19.0 Å². The highest BCUT2D eigenvalue weighted by Crippen LogP contribution is 2.27. The van der Waals surface area contributed by atoms with Gasteiger partial charge in [-0.05, 0) is 42.0 Å². The van der Waals surface area contributed by atoms with Crippen molar-refractivity contribution in [1.82, 2.24) is 20.3 Å². The van der Waals surface area contributed by atoms with Crippen molar-refractivity contribution in [1.29, 1.82) is 0 Å². The molecule has 0 spiro atoms. The molecule has 39 heavy (non-hydrogen) atoms. The fraction of sp³-hybridized carbons (Fsp3) is 0.346. The summed E-state index contributed by atoms with van der Waals surface area (Å²) in [5, 5.41) is 2.96. The van der Waals surface area contributed by atoms with Gasteiger partial charge in [-0.15, -0.1) is 24.5 Å². The van der Waals surface area contributed by atoms with Gasteiger partial charge in [0.2, 0.25) is 0 Å². The van der Waals surface area contributed by atoms with E-state index in [-0.39, 0.29) is 17.3 Å². The Morgan fingerprint density at radius 1 is 1.08 bits per heavy atom. The Labute approximate surface area is 227 Å². The minimum absolute atomic E-state index is 0.144. The molecule has 1 fully saturated rings. The number of hydrogen-bond acceptors (Lipinski definition) is 8. The second-order valence-electron chi connectivity index (χ2n) is 8.71. The lowest BCUT2D eigenvalue weighted by Crippen LogP contribution is -2.46. The number of aromatic nitrogens is 1. The van der Waals surface area contributed by atoms with Crippen LogP contribution in [0.5, 0.6) is 5.75 Å². The number of pyridine rings is 1. The minimum Gasteiger partial charge on any atom is -0.497 e. The van der Waals surface area contributed by atoms with E-state index < -0.39 is 12.3 Å². The predicted molar refractivity (Wildman–Crippen MR) is 139 cm³/mol. The van der Waals surface area contributed by atoms with Crippen molar-refractivity contribution >= 4 is 29.0 Å². The van der Waals surface area contributed by atoms with Crippen molar-refractivity contribution in [2.24, 2.45) is 0 Å². The van der Waals surface area contributed by atoms with Gasteiger partial charge in [0, 0.05) is 50.8 Å². The van der Waals surface area contributed by atoms with Crippen molar-refractivity contribution < 1.29 is 32.3 Å². The SMILES string of the molecule is CNC(=O)c1cccnc1N1CCN(Cc2ccc(C(=O)N(Cc3ccc(OC)cc3)OC(F)(F)F)s2)CC1. The lowest BCUT2D eigenvalue weighted by atomic mass is 10.2. The Morgan fingerprint density at radius 2 is 1.79 bits per heavy atom. The van der Waals surface area contributed by atoms with Crippen LogP contribution in [0.2, 0.25) is 0 Å². The Hall–Kier alpha value is -3.68. The Morgan fingerprint density at radius 3 is 2.44 bits per heavy atom. The van der Waals surface area contributed by atoms with Gasteiger partial charge >= 0.3 is 6.36 Å². The molecule has 208 valence electrons. The van der Waals surface area contributed by atoms with Gasteiger partial charge in [0.1, 0.15) is 11.6 Å². The zero-order valence-corrected chi connectivity index (χ0v) is 22.2. The third-order valence-corrected chi connectivity index (χ3v) is 7.17. The molecule has 0 saturated carbocycles. The first-order chi connectivity index (χ1) is 18.7. The number of amides is 2. The van der Waals surface area contributed by atoms with E-state index >= 15 is 0 Å². The summed E-state index contributed by atoms with van der Waals surface area (Å²) in [6.45, 7) is 2.82. The summed E-state index contributed by atoms with van der Waals surface area (Å²) in [6.07, 6.45) is -3.37. The van der Waals surface area contributed by atoms with Gasteiger partial charge in [0.15, 0.2) is 0 Å². The number of carbonyl (C=O) groups is 2. The van der Waals surface area contributed by atoms with E-state index in [1.54, 1.807) is 55.7 Å². The number of hydrogen-bond donors (Lipinski definition) is 1. The predicted octanol–water partition coefficient (Wildman–Crippen LogP) is 3.93. The van der Waals surface area contributed by atoms with Crippen LogP contribution in [0.15, 0.2) is 54.7 Å². The van der Waals surface area contributed by atoms with Gasteiger partial charge in [-0.2, -0.15) is 4.84 Å². The normalized spacial score (nSPS) is 14.2. The third-order valence-electron chi connectivity index (χ3n) is 6.11. The number of halogens is 3. The number of carbonyl (C=O) groups excluding carboxylic acids is 2. The molecule has 0 aliphatic carbocycles. The molecule has 0 bridgehead atoms. The highest BCUT2D eigenvalue weighted by atomic mass is 32.1. The zero-order valence-electron chi connectivity index (χ0n) is 21.4. The number of hydroxylamine groups is 2. The topological polar surface area (TPSA) is 87.2 Å². The lowest BCUT2D eigenvalue weighted by molar-refractivity contribution is -0.400. The maximum Gasteiger partial charge on any atom is 0.544 e. The molecule has 3 aromatic rings. The fourth-order valence-corrected chi connectivity index (χ4v) is 5.16. The van der Waals surface area contributed by atoms with Crippen molar-refractivity contribution in [2.45, 2.75) is 19.5 Å². The van der Waals surface area contributed by atoms with E-state index in [0.717, 1.165) is 16.2 Å². The van der Waals surface area contributed by atoms with E-state index in [2.05, 4.69) is 24.9 Å². The van der Waals surface area contributed by atoms with Crippen LogP contribution in [0.3, 0.4) is 0 Å². The smallest absolute Gasteiger partial charge is 0.497 e. The number of alkyl halides is 3. The molecule has 9 nitrogen and oxygen atoms in total. The van der Waals surface area contributed by atoms with Gasteiger partial charge in [0.05, 0.1) is 24.1 Å². The van der Waals surface area contributed by atoms with Crippen LogP contribution in [0, 0.1) is 0 Å². The second kappa shape index (κ2) is 12.5. The maximum atomic E-state index is 13.1. The van der Waals surface area contributed by atoms with Gasteiger partial charge in [0.25, 0.3) is 11.8 Å². The molecule has 4 rings (SSSR count). The average Bonchev–Trinajstić information content (AvgIpc) is 3.40. The van der Waals surface area contributed by atoms with Gasteiger partial charge < -0.3 is 15.0 Å². The number of rotatable bonds is 9. The number of ether oxygens (including phenoxy) is 1. The molecule has 2 aromatic heterocycles. The van der Waals surface area contributed by atoms with E-state index in [4.69, 9.17) is 4.74 Å². The number of nitrogens with one attached hydrogen (secondary N) is 1. The first kappa shape index (κ1) is 28.3. The molecule has 1 aromatic carbocycles. The molecule has 0 unspecified atom stereocenters. The van der Waals surface area contributed by atoms with Crippen LogP contribution >= 0.6 is 11.3 Å². The molecule has 1 aliphatic rings. The third kappa shape index (κ3) is 7.46. The quantitative estimate of drug-likeness (QED) is 0.395. The second-order valence-corrected chi connectivity index (χ2v) is 9.88. The molecule has 2 amide bonds. The van der Waals surface area contributed by atoms with Crippen molar-refractivity contribution in [2.75, 3.05) is 45.2 Å². The van der Waals surface area contributed by atoms with E-state index in [9.17, 15) is 22.8 Å². The summed E-state index contributed by atoms with van der Waals surface area (Å²) in [4.78, 5) is 38.9. The Bertz CT molecular complexity index is 1280. The average molecular weight is 564 g/mol. The highest BCUT2D eigenvalue weighted by Gasteiger charge is 2.36. The summed E-state index contributed by atoms with van der Waals surface area (Å²) in [7, 11) is 3.06. The molecule has 0 radical (unpaired) electrons. The van der Waals surface area contributed by atoms with Crippen LogP contribution in [-0.4, -0.2) is 73.5 Å². The van der Waals surface area contributed by atoms with E-state index in [1.807, 2.05) is 0 Å². The van der Waals surface area contributed by atoms with Crippen LogP contribution in [0.1, 0.15) is 30.5 Å². The first-order valence-corrected chi connectivity index (χ1v) is 12.9. The summed E-state index contributed by atoms with van der Waals surface area (Å²) < 4.78 is 44.3. The van der Waals surface area contributed by atoms with E-state index in [1.165, 1.54) is 13.2 Å². The molecule has 1 N–H and O–H groups in total. The summed E-state index contributed by atoms with van der Waals surface area (Å²) >= 11 is 1.13. The zero-order chi connectivity index (χ0) is 28.0. The number of thiophene rings is 1. The Kier molecular flexibility index (Phi) is 9.04. The lowest BCUT2D eigenvalue weighted by Gasteiger charge is -2.35. The minimum atomic E-state index is -5.02. The maximum absolute atomic E-state index is 13.1. The number of piperazine rings is 1. The van der Waals surface area contributed by atoms with Gasteiger partial charge in [-0.25, -0.2) is 10.0 Å². The molecule has 13 heteroatoms. The van der Waals surface area contributed by atoms with Gasteiger partial charge in [-0.3, -0.25) is 14.5 Å². The molecule has 3 heterocycles. The number of methoxy groups -OCH3 is 1. The van der Waals surface area contributed by atoms with Crippen molar-refractivity contribution in [3.63, 3.8) is 0 Å². The number of benzene rings is 1. The standard InChI is InChI=1S/C26H28F3N5O4S/c1-30-24(35)21-4-3-11-31-23(21)33-14-12-32(13-15-33)17-20-9-10-22(39-20)25(36)34(38-26(27,28)29)16-18-5-7-19(37-2)8-6-18/h3-11H,12-17H2,1-2H3,(H,30,35). The highest BCUT2D eigenvalue weighted by molar-refractivity contribution is 7.14. The van der Waals surface area contributed by atoms with Crippen molar-refractivity contribution in [3.8, 4) is 5.75 Å². The fourth-order valence-electron chi connectivity index (χ4n) is 4.17. The van der Waals surface area contributed by atoms with E-state index in [0.29, 0.717) is 60.5 Å². The molecular formula is C26H28F3N5O4S. The molecule has 0 atom stereocenters. The molecule has 1 aliphatic heterocycles. The van der Waals surface area contributed by atoms with Crippen LogP contribution < -0.4 is 15.0 Å². The monoisotopic (exact) mass is 563 g/mol. The number of nitrogens with zero attached hydrogens (tertiary/aromatic N) is 4. The van der Waals surface area contributed by atoms with Crippen LogP contribution in [-0.2, 0) is 17.9 Å². The number of anilines is 1. The Balaban J connectivity index is 1.38. The molecular weight excluding hydrogens is 535 g/mol. The summed E-state index contributed by atoms with van der Waals surface area (Å²) in [5.41, 5.74) is 0.964. The summed E-state index contributed by atoms with van der Waals surface area (Å²) in [5.74, 6) is 0.0964. The van der Waals surface area contributed by atoms with Crippen LogP contribution in [0.25, 0.3) is 0 Å². The van der Waals surface area contributed by atoms with Gasteiger partial charge in [-0.1, -0.05) is 12.1 Å². The largest absolute Gasteiger partial charge is 0.544 e. The molecule has 1 saturated heterocycles.